The molecule has 0 bridgehead atoms. The number of carbonyl (C=O) groups is 1. The highest BCUT2D eigenvalue weighted by molar-refractivity contribution is 7.19. The Morgan fingerprint density at radius 1 is 1.24 bits per heavy atom. The van der Waals surface area contributed by atoms with Crippen molar-refractivity contribution in [1.82, 2.24) is 9.88 Å². The lowest BCUT2D eigenvalue weighted by atomic mass is 10.2. The molecule has 108 valence electrons. The lowest BCUT2D eigenvalue weighted by Crippen LogP contribution is -2.24. The van der Waals surface area contributed by atoms with Crippen LogP contribution in [0.3, 0.4) is 0 Å². The van der Waals surface area contributed by atoms with Gasteiger partial charge in [0.15, 0.2) is 0 Å². The van der Waals surface area contributed by atoms with E-state index in [1.165, 1.54) is 9.58 Å². The first-order valence-corrected chi connectivity index (χ1v) is 7.91. The fourth-order valence-corrected chi connectivity index (χ4v) is 3.49. The van der Waals surface area contributed by atoms with Crippen molar-refractivity contribution in [2.45, 2.75) is 19.9 Å². The third-order valence-corrected chi connectivity index (χ3v) is 4.87. The van der Waals surface area contributed by atoms with Gasteiger partial charge in [-0.25, -0.2) is 0 Å². The first-order valence-electron chi connectivity index (χ1n) is 7.09. The van der Waals surface area contributed by atoms with Crippen molar-refractivity contribution in [3.63, 3.8) is 0 Å². The second kappa shape index (κ2) is 5.74. The minimum atomic E-state index is -0.0252. The number of nitrogens with zero attached hydrogens (tertiary/aromatic N) is 1. The Bertz CT molecular complexity index is 771. The zero-order valence-corrected chi connectivity index (χ0v) is 13.0. The monoisotopic (exact) mass is 298 g/mol. The molecule has 21 heavy (non-hydrogen) atoms. The van der Waals surface area contributed by atoms with E-state index < -0.39 is 0 Å². The molecule has 0 radical (unpaired) electrons. The van der Waals surface area contributed by atoms with Crippen LogP contribution in [0.4, 0.5) is 0 Å². The van der Waals surface area contributed by atoms with Crippen LogP contribution >= 0.6 is 11.3 Å². The number of nitrogens with one attached hydrogen (secondary N) is 1. The predicted octanol–water partition coefficient (Wildman–Crippen LogP) is 3.73. The molecular weight excluding hydrogens is 280 g/mol. The van der Waals surface area contributed by atoms with Gasteiger partial charge in [-0.2, -0.15) is 0 Å². The number of aryl methyl sites for hydroxylation is 2. The van der Waals surface area contributed by atoms with Gasteiger partial charge in [0.2, 0.25) is 0 Å². The summed E-state index contributed by atoms with van der Waals surface area (Å²) < 4.78 is 3.16. The highest BCUT2D eigenvalue weighted by atomic mass is 32.1. The molecule has 0 fully saturated rings. The van der Waals surface area contributed by atoms with Gasteiger partial charge in [0.05, 0.1) is 10.2 Å². The predicted molar refractivity (Wildman–Crippen MR) is 87.8 cm³/mol. The summed E-state index contributed by atoms with van der Waals surface area (Å²) in [4.78, 5) is 13.7. The summed E-state index contributed by atoms with van der Waals surface area (Å²) in [6.45, 7) is 2.71. The van der Waals surface area contributed by atoms with Crippen LogP contribution in [0.2, 0.25) is 0 Å². The van der Waals surface area contributed by atoms with Gasteiger partial charge in [-0.3, -0.25) is 4.79 Å². The van der Waals surface area contributed by atoms with Gasteiger partial charge < -0.3 is 9.88 Å². The Balaban J connectivity index is 1.78. The van der Waals surface area contributed by atoms with Crippen molar-refractivity contribution in [2.75, 3.05) is 0 Å². The van der Waals surface area contributed by atoms with Crippen LogP contribution in [-0.4, -0.2) is 10.5 Å². The van der Waals surface area contributed by atoms with Crippen LogP contribution in [0.1, 0.15) is 27.9 Å². The summed E-state index contributed by atoms with van der Waals surface area (Å²) in [5.41, 5.74) is 2.96. The third kappa shape index (κ3) is 2.72. The van der Waals surface area contributed by atoms with E-state index >= 15 is 0 Å². The molecule has 0 saturated heterocycles. The number of hydrogen-bond acceptors (Lipinski definition) is 2. The molecule has 0 unspecified atom stereocenters. The molecule has 3 aromatic rings. The highest BCUT2D eigenvalue weighted by Crippen LogP contribution is 2.28. The lowest BCUT2D eigenvalue weighted by molar-refractivity contribution is 0.0943. The lowest BCUT2D eigenvalue weighted by Gasteiger charge is -2.06. The standard InChI is InChI=1S/C17H18N2OS/c1-3-13-9-14-16(21-13)10-15(19(14)2)17(20)18-11-12-7-5-4-6-8-12/h4-10H,3,11H2,1-2H3,(H,18,20). The Morgan fingerprint density at radius 2 is 2.00 bits per heavy atom. The first-order chi connectivity index (χ1) is 10.2. The Labute approximate surface area is 128 Å². The molecule has 3 nitrogen and oxygen atoms in total. The van der Waals surface area contributed by atoms with E-state index in [1.54, 1.807) is 11.3 Å². The fourth-order valence-electron chi connectivity index (χ4n) is 2.42. The summed E-state index contributed by atoms with van der Waals surface area (Å²) >= 11 is 1.76. The van der Waals surface area contributed by atoms with Crippen molar-refractivity contribution in [2.24, 2.45) is 7.05 Å². The maximum Gasteiger partial charge on any atom is 0.268 e. The molecule has 0 aliphatic rings. The van der Waals surface area contributed by atoms with E-state index in [2.05, 4.69) is 18.3 Å². The molecular formula is C17H18N2OS. The van der Waals surface area contributed by atoms with Crippen molar-refractivity contribution in [1.29, 1.82) is 0 Å². The molecule has 0 aliphatic heterocycles. The Kier molecular flexibility index (Phi) is 3.80. The number of fused-ring (bicyclic) bond motifs is 1. The molecule has 0 spiro atoms. The number of carbonyl (C=O) groups excluding carboxylic acids is 1. The molecule has 2 aromatic heterocycles. The van der Waals surface area contributed by atoms with Gasteiger partial charge in [-0.05, 0) is 24.1 Å². The average molecular weight is 298 g/mol. The summed E-state index contributed by atoms with van der Waals surface area (Å²) in [7, 11) is 1.95. The number of hydrogen-bond donors (Lipinski definition) is 1. The van der Waals surface area contributed by atoms with Crippen LogP contribution in [0.15, 0.2) is 42.5 Å². The van der Waals surface area contributed by atoms with Gasteiger partial charge in [0.1, 0.15) is 5.69 Å². The highest BCUT2D eigenvalue weighted by Gasteiger charge is 2.15. The van der Waals surface area contributed by atoms with E-state index in [0.717, 1.165) is 23.2 Å². The second-order valence-corrected chi connectivity index (χ2v) is 6.24. The maximum atomic E-state index is 12.3. The van der Waals surface area contributed by atoms with Crippen molar-refractivity contribution in [3.8, 4) is 0 Å². The summed E-state index contributed by atoms with van der Waals surface area (Å²) in [5, 5.41) is 2.98. The van der Waals surface area contributed by atoms with E-state index in [1.807, 2.05) is 48.0 Å². The molecule has 2 heterocycles. The normalized spacial score (nSPS) is 11.0. The minimum absolute atomic E-state index is 0.0252. The summed E-state index contributed by atoms with van der Waals surface area (Å²) in [5.74, 6) is -0.0252. The topological polar surface area (TPSA) is 34.0 Å². The van der Waals surface area contributed by atoms with E-state index in [4.69, 9.17) is 0 Å². The van der Waals surface area contributed by atoms with Crippen molar-refractivity contribution < 1.29 is 4.79 Å². The molecule has 3 rings (SSSR count). The first kappa shape index (κ1) is 13.9. The maximum absolute atomic E-state index is 12.3. The van der Waals surface area contributed by atoms with Crippen molar-refractivity contribution in [3.05, 3.63) is 58.6 Å². The average Bonchev–Trinajstić information content (AvgIpc) is 3.05. The summed E-state index contributed by atoms with van der Waals surface area (Å²) in [6.07, 6.45) is 1.04. The third-order valence-electron chi connectivity index (χ3n) is 3.66. The number of benzene rings is 1. The smallest absolute Gasteiger partial charge is 0.268 e. The number of thiophene rings is 1. The largest absolute Gasteiger partial charge is 0.347 e. The molecule has 4 heteroatoms. The molecule has 1 N–H and O–H groups in total. The Morgan fingerprint density at radius 3 is 2.67 bits per heavy atom. The van der Waals surface area contributed by atoms with Crippen LogP contribution in [0.5, 0.6) is 0 Å². The van der Waals surface area contributed by atoms with E-state index in [0.29, 0.717) is 6.54 Å². The number of amides is 1. The van der Waals surface area contributed by atoms with Crippen LogP contribution in [0, 0.1) is 0 Å². The van der Waals surface area contributed by atoms with Crippen molar-refractivity contribution >= 4 is 27.5 Å². The van der Waals surface area contributed by atoms with Gasteiger partial charge in [-0.1, -0.05) is 37.3 Å². The van der Waals surface area contributed by atoms with Gasteiger partial charge >= 0.3 is 0 Å². The minimum Gasteiger partial charge on any atom is -0.347 e. The quantitative estimate of drug-likeness (QED) is 0.782. The fraction of sp³-hybridized carbons (Fsp3) is 0.235. The zero-order chi connectivity index (χ0) is 14.8. The van der Waals surface area contributed by atoms with Gasteiger partial charge in [0.25, 0.3) is 5.91 Å². The van der Waals surface area contributed by atoms with Crippen LogP contribution in [0.25, 0.3) is 10.2 Å². The molecule has 0 saturated carbocycles. The van der Waals surface area contributed by atoms with Gasteiger partial charge in [-0.15, -0.1) is 11.3 Å². The van der Waals surface area contributed by atoms with E-state index in [-0.39, 0.29) is 5.91 Å². The summed E-state index contributed by atoms with van der Waals surface area (Å²) in [6, 6.07) is 14.1. The number of aromatic nitrogens is 1. The van der Waals surface area contributed by atoms with E-state index in [9.17, 15) is 4.79 Å². The molecule has 1 aromatic carbocycles. The number of rotatable bonds is 4. The van der Waals surface area contributed by atoms with Gasteiger partial charge in [0, 0.05) is 18.5 Å². The second-order valence-electron chi connectivity index (χ2n) is 5.07. The van der Waals surface area contributed by atoms with Crippen LogP contribution < -0.4 is 5.32 Å². The molecule has 1 amide bonds. The zero-order valence-electron chi connectivity index (χ0n) is 12.2. The SMILES string of the molecule is CCc1cc2c(cc(C(=O)NCc3ccccc3)n2C)s1. The Hall–Kier alpha value is -2.07. The molecule has 0 atom stereocenters. The van der Waals surface area contributed by atoms with Crippen LogP contribution in [-0.2, 0) is 20.0 Å². The molecule has 0 aliphatic carbocycles.